The highest BCUT2D eigenvalue weighted by molar-refractivity contribution is 5.09. The maximum Gasteiger partial charge on any atom is 0.0697 e. The number of hydrogen-bond donors (Lipinski definition) is 2. The summed E-state index contributed by atoms with van der Waals surface area (Å²) < 4.78 is 11.2. The number of aliphatic hydroxyl groups excluding tert-OH is 1. The van der Waals surface area contributed by atoms with Gasteiger partial charge < -0.3 is 19.9 Å². The fourth-order valence-electron chi connectivity index (χ4n) is 3.79. The predicted molar refractivity (Wildman–Crippen MR) is 75.2 cm³/mol. The zero-order valence-electron chi connectivity index (χ0n) is 12.2. The number of hydrogen-bond acceptors (Lipinski definition) is 4. The molecule has 0 heterocycles. The van der Waals surface area contributed by atoms with E-state index >= 15 is 0 Å². The van der Waals surface area contributed by atoms with Crippen molar-refractivity contribution in [1.29, 1.82) is 0 Å². The van der Waals surface area contributed by atoms with Crippen LogP contribution in [0.4, 0.5) is 0 Å². The highest BCUT2D eigenvalue weighted by atomic mass is 16.5. The number of aliphatic hydroxyl groups is 1. The fourth-order valence-corrected chi connectivity index (χ4v) is 3.79. The molecule has 1 spiro atoms. The standard InChI is InChI=1S/C15H29NO3/c1-2-19-14-12-13(15(14)6-3-4-7-15)16-8-5-10-18-11-9-17/h13-14,16-17H,2-12H2,1H3. The Balaban J connectivity index is 1.66. The quantitative estimate of drug-likeness (QED) is 0.627. The van der Waals surface area contributed by atoms with Gasteiger partial charge in [0.15, 0.2) is 0 Å². The van der Waals surface area contributed by atoms with Crippen molar-refractivity contribution in [1.82, 2.24) is 5.32 Å². The Morgan fingerprint density at radius 3 is 2.74 bits per heavy atom. The minimum Gasteiger partial charge on any atom is -0.394 e. The maximum absolute atomic E-state index is 8.62. The van der Waals surface area contributed by atoms with Gasteiger partial charge in [0.1, 0.15) is 0 Å². The molecule has 0 bridgehead atoms. The first kappa shape index (κ1) is 15.2. The molecule has 2 aliphatic carbocycles. The van der Waals surface area contributed by atoms with Crippen molar-refractivity contribution in [2.45, 2.75) is 57.6 Å². The lowest BCUT2D eigenvalue weighted by Gasteiger charge is -2.54. The molecule has 19 heavy (non-hydrogen) atoms. The minimum absolute atomic E-state index is 0.120. The molecule has 0 aromatic rings. The van der Waals surface area contributed by atoms with Gasteiger partial charge in [0.05, 0.1) is 19.3 Å². The number of rotatable bonds is 9. The average Bonchev–Trinajstić information content (AvgIpc) is 2.92. The normalized spacial score (nSPS) is 28.7. The minimum atomic E-state index is 0.120. The lowest BCUT2D eigenvalue weighted by Crippen LogP contribution is -2.62. The molecule has 0 aromatic heterocycles. The molecule has 112 valence electrons. The molecule has 0 radical (unpaired) electrons. The summed E-state index contributed by atoms with van der Waals surface area (Å²) in [5, 5.41) is 12.3. The predicted octanol–water partition coefficient (Wildman–Crippen LogP) is 1.71. The van der Waals surface area contributed by atoms with E-state index in [2.05, 4.69) is 12.2 Å². The van der Waals surface area contributed by atoms with E-state index in [-0.39, 0.29) is 6.61 Å². The second-order valence-corrected chi connectivity index (χ2v) is 5.82. The number of ether oxygens (including phenoxy) is 2. The Morgan fingerprint density at radius 1 is 1.26 bits per heavy atom. The van der Waals surface area contributed by atoms with Gasteiger partial charge in [-0.25, -0.2) is 0 Å². The van der Waals surface area contributed by atoms with Gasteiger partial charge in [-0.15, -0.1) is 0 Å². The molecule has 2 saturated carbocycles. The molecule has 2 atom stereocenters. The topological polar surface area (TPSA) is 50.7 Å². The lowest BCUT2D eigenvalue weighted by atomic mass is 9.60. The van der Waals surface area contributed by atoms with Crippen LogP contribution < -0.4 is 5.32 Å². The third kappa shape index (κ3) is 3.48. The molecule has 0 aliphatic heterocycles. The van der Waals surface area contributed by atoms with Crippen LogP contribution in [0, 0.1) is 5.41 Å². The van der Waals surface area contributed by atoms with Crippen molar-refractivity contribution in [3.63, 3.8) is 0 Å². The van der Waals surface area contributed by atoms with Crippen molar-refractivity contribution in [3.05, 3.63) is 0 Å². The van der Waals surface area contributed by atoms with E-state index < -0.39 is 0 Å². The van der Waals surface area contributed by atoms with Crippen LogP contribution in [0.15, 0.2) is 0 Å². The van der Waals surface area contributed by atoms with Gasteiger partial charge in [-0.2, -0.15) is 0 Å². The molecule has 0 aromatic carbocycles. The van der Waals surface area contributed by atoms with Gasteiger partial charge in [0.2, 0.25) is 0 Å². The van der Waals surface area contributed by atoms with Gasteiger partial charge in [-0.1, -0.05) is 12.8 Å². The summed E-state index contributed by atoms with van der Waals surface area (Å²) in [5.41, 5.74) is 0.433. The molecule has 2 aliphatic rings. The Kier molecular flexibility index (Phi) is 6.07. The zero-order valence-corrected chi connectivity index (χ0v) is 12.2. The van der Waals surface area contributed by atoms with E-state index in [1.54, 1.807) is 0 Å². The molecule has 2 N–H and O–H groups in total. The molecule has 2 rings (SSSR count). The van der Waals surface area contributed by atoms with Crippen molar-refractivity contribution >= 4 is 0 Å². The Bertz CT molecular complexity index is 254. The van der Waals surface area contributed by atoms with E-state index in [4.69, 9.17) is 14.6 Å². The third-order valence-corrected chi connectivity index (χ3v) is 4.78. The Morgan fingerprint density at radius 2 is 2.05 bits per heavy atom. The molecule has 2 unspecified atom stereocenters. The van der Waals surface area contributed by atoms with Crippen LogP contribution in [0.2, 0.25) is 0 Å². The van der Waals surface area contributed by atoms with Gasteiger partial charge in [-0.3, -0.25) is 0 Å². The van der Waals surface area contributed by atoms with Crippen LogP contribution in [0.1, 0.15) is 45.4 Å². The summed E-state index contributed by atoms with van der Waals surface area (Å²) in [6.07, 6.45) is 8.07. The van der Waals surface area contributed by atoms with E-state index in [0.717, 1.165) is 26.2 Å². The summed E-state index contributed by atoms with van der Waals surface area (Å²) in [4.78, 5) is 0. The van der Waals surface area contributed by atoms with Gasteiger partial charge >= 0.3 is 0 Å². The molecule has 2 fully saturated rings. The molecular formula is C15H29NO3. The van der Waals surface area contributed by atoms with Crippen LogP contribution >= 0.6 is 0 Å². The fraction of sp³-hybridized carbons (Fsp3) is 1.00. The smallest absolute Gasteiger partial charge is 0.0697 e. The summed E-state index contributed by atoms with van der Waals surface area (Å²) in [7, 11) is 0. The van der Waals surface area contributed by atoms with Crippen LogP contribution in [0.5, 0.6) is 0 Å². The van der Waals surface area contributed by atoms with Crippen LogP contribution in [0.25, 0.3) is 0 Å². The highest BCUT2D eigenvalue weighted by Gasteiger charge is 2.56. The third-order valence-electron chi connectivity index (χ3n) is 4.78. The van der Waals surface area contributed by atoms with Crippen molar-refractivity contribution in [3.8, 4) is 0 Å². The summed E-state index contributed by atoms with van der Waals surface area (Å²) in [5.74, 6) is 0. The zero-order chi connectivity index (χ0) is 13.6. The molecular weight excluding hydrogens is 242 g/mol. The van der Waals surface area contributed by atoms with E-state index in [1.807, 2.05) is 0 Å². The lowest BCUT2D eigenvalue weighted by molar-refractivity contribution is -0.130. The molecule has 0 saturated heterocycles. The summed E-state index contributed by atoms with van der Waals surface area (Å²) in [6.45, 7) is 5.27. The summed E-state index contributed by atoms with van der Waals surface area (Å²) in [6, 6.07) is 0.643. The van der Waals surface area contributed by atoms with Crippen LogP contribution in [-0.4, -0.2) is 50.2 Å². The SMILES string of the molecule is CCOC1CC(NCCCOCCO)C12CCCC2. The Labute approximate surface area is 116 Å². The largest absolute Gasteiger partial charge is 0.394 e. The Hall–Kier alpha value is -0.160. The van der Waals surface area contributed by atoms with Gasteiger partial charge in [0, 0.05) is 24.7 Å². The summed E-state index contributed by atoms with van der Waals surface area (Å²) >= 11 is 0. The first-order chi connectivity index (χ1) is 9.33. The van der Waals surface area contributed by atoms with Crippen molar-refractivity contribution in [2.24, 2.45) is 5.41 Å². The van der Waals surface area contributed by atoms with Gasteiger partial charge in [-0.05, 0) is 39.2 Å². The van der Waals surface area contributed by atoms with E-state index in [1.165, 1.54) is 32.1 Å². The maximum atomic E-state index is 8.62. The van der Waals surface area contributed by atoms with Crippen molar-refractivity contribution < 1.29 is 14.6 Å². The molecule has 0 amide bonds. The van der Waals surface area contributed by atoms with Crippen LogP contribution in [-0.2, 0) is 9.47 Å². The van der Waals surface area contributed by atoms with E-state index in [0.29, 0.717) is 24.2 Å². The second-order valence-electron chi connectivity index (χ2n) is 5.82. The first-order valence-electron chi connectivity index (χ1n) is 7.87. The molecule has 4 heteroatoms. The number of nitrogens with one attached hydrogen (secondary N) is 1. The van der Waals surface area contributed by atoms with Crippen molar-refractivity contribution in [2.75, 3.05) is 33.0 Å². The van der Waals surface area contributed by atoms with Crippen LogP contribution in [0.3, 0.4) is 0 Å². The average molecular weight is 271 g/mol. The second kappa shape index (κ2) is 7.58. The highest BCUT2D eigenvalue weighted by Crippen LogP contribution is 2.54. The van der Waals surface area contributed by atoms with Gasteiger partial charge in [0.25, 0.3) is 0 Å². The van der Waals surface area contributed by atoms with E-state index in [9.17, 15) is 0 Å². The monoisotopic (exact) mass is 271 g/mol. The first-order valence-corrected chi connectivity index (χ1v) is 7.87. The molecule has 4 nitrogen and oxygen atoms in total.